The summed E-state index contributed by atoms with van der Waals surface area (Å²) >= 11 is 0. The van der Waals surface area contributed by atoms with Crippen molar-refractivity contribution in [2.24, 2.45) is 0 Å². The van der Waals surface area contributed by atoms with Gasteiger partial charge in [0.15, 0.2) is 8.32 Å². The van der Waals surface area contributed by atoms with Crippen LogP contribution in [0.3, 0.4) is 0 Å². The minimum absolute atomic E-state index is 0.163. The summed E-state index contributed by atoms with van der Waals surface area (Å²) in [6, 6.07) is 0.163. The summed E-state index contributed by atoms with van der Waals surface area (Å²) in [6.45, 7) is 18.1. The van der Waals surface area contributed by atoms with Gasteiger partial charge >= 0.3 is 6.09 Å². The van der Waals surface area contributed by atoms with Crippen LogP contribution in [-0.4, -0.2) is 45.4 Å². The molecule has 0 unspecified atom stereocenters. The van der Waals surface area contributed by atoms with Gasteiger partial charge in [0.05, 0.1) is 19.3 Å². The van der Waals surface area contributed by atoms with E-state index >= 15 is 0 Å². The first-order valence-electron chi connectivity index (χ1n) is 8.55. The van der Waals surface area contributed by atoms with Crippen LogP contribution >= 0.6 is 0 Å². The van der Waals surface area contributed by atoms with Crippen molar-refractivity contribution >= 4 is 14.4 Å². The number of amides is 1. The van der Waals surface area contributed by atoms with Gasteiger partial charge in [0.1, 0.15) is 5.60 Å². The van der Waals surface area contributed by atoms with Crippen molar-refractivity contribution in [3.05, 3.63) is 0 Å². The molecular formula is C17H35NO4Si. The summed E-state index contributed by atoms with van der Waals surface area (Å²) in [5, 5.41) is 3.10. The maximum Gasteiger partial charge on any atom is 0.407 e. The molecule has 1 aliphatic rings. The first kappa shape index (κ1) is 20.5. The number of rotatable bonds is 6. The standard InChI is InChI=1S/C17H35NO4Si/c1-16(2,3)22-15(19)18-13-11-14(12-13)20-9-10-21-23(7,8)17(4,5)6/h13-14H,9-12H2,1-8H3,(H,18,19). The van der Waals surface area contributed by atoms with Crippen LogP contribution in [0.1, 0.15) is 54.4 Å². The molecule has 0 bridgehead atoms. The number of hydrogen-bond acceptors (Lipinski definition) is 4. The molecule has 0 atom stereocenters. The summed E-state index contributed by atoms with van der Waals surface area (Å²) < 4.78 is 17.1. The molecule has 1 N–H and O–H groups in total. The molecule has 1 amide bonds. The van der Waals surface area contributed by atoms with Crippen LogP contribution < -0.4 is 5.32 Å². The highest BCUT2D eigenvalue weighted by Crippen LogP contribution is 2.36. The third-order valence-electron chi connectivity index (χ3n) is 4.52. The Morgan fingerprint density at radius 2 is 1.65 bits per heavy atom. The first-order chi connectivity index (χ1) is 10.3. The molecule has 0 spiro atoms. The van der Waals surface area contributed by atoms with E-state index in [2.05, 4.69) is 39.2 Å². The number of hydrogen-bond donors (Lipinski definition) is 1. The van der Waals surface area contributed by atoms with Gasteiger partial charge in [-0.2, -0.15) is 0 Å². The molecule has 0 aromatic rings. The van der Waals surface area contributed by atoms with E-state index in [4.69, 9.17) is 13.9 Å². The van der Waals surface area contributed by atoms with Gasteiger partial charge in [0, 0.05) is 6.04 Å². The molecular weight excluding hydrogens is 310 g/mol. The highest BCUT2D eigenvalue weighted by atomic mass is 28.4. The molecule has 0 aromatic carbocycles. The van der Waals surface area contributed by atoms with Crippen molar-refractivity contribution in [3.63, 3.8) is 0 Å². The third kappa shape index (κ3) is 7.22. The van der Waals surface area contributed by atoms with Crippen molar-refractivity contribution in [2.75, 3.05) is 13.2 Å². The molecule has 1 fully saturated rings. The lowest BCUT2D eigenvalue weighted by Gasteiger charge is -2.38. The topological polar surface area (TPSA) is 56.8 Å². The van der Waals surface area contributed by atoms with E-state index in [9.17, 15) is 4.79 Å². The van der Waals surface area contributed by atoms with Crippen LogP contribution in [0.15, 0.2) is 0 Å². The van der Waals surface area contributed by atoms with E-state index in [1.165, 1.54) is 0 Å². The molecule has 23 heavy (non-hydrogen) atoms. The fourth-order valence-corrected chi connectivity index (χ4v) is 3.05. The fourth-order valence-electron chi connectivity index (χ4n) is 2.02. The number of carbonyl (C=O) groups excluding carboxylic acids is 1. The summed E-state index contributed by atoms with van der Waals surface area (Å²) in [5.41, 5.74) is -0.454. The number of alkyl carbamates (subject to hydrolysis) is 1. The zero-order valence-corrected chi connectivity index (χ0v) is 17.1. The van der Waals surface area contributed by atoms with E-state index in [-0.39, 0.29) is 23.3 Å². The van der Waals surface area contributed by atoms with Crippen molar-refractivity contribution < 1.29 is 18.7 Å². The number of nitrogens with one attached hydrogen (secondary N) is 1. The second-order valence-corrected chi connectivity index (χ2v) is 13.7. The molecule has 0 radical (unpaired) electrons. The molecule has 136 valence electrons. The Morgan fingerprint density at radius 3 is 2.13 bits per heavy atom. The van der Waals surface area contributed by atoms with E-state index < -0.39 is 13.9 Å². The van der Waals surface area contributed by atoms with E-state index in [1.807, 2.05) is 20.8 Å². The Kier molecular flexibility index (Phi) is 6.70. The Morgan fingerprint density at radius 1 is 1.09 bits per heavy atom. The minimum Gasteiger partial charge on any atom is -0.444 e. The normalized spacial score (nSPS) is 22.4. The Bertz CT molecular complexity index is 392. The molecule has 1 aliphatic carbocycles. The van der Waals surface area contributed by atoms with Gasteiger partial charge in [-0.15, -0.1) is 0 Å². The molecule has 1 rings (SSSR count). The van der Waals surface area contributed by atoms with Crippen molar-refractivity contribution in [1.29, 1.82) is 0 Å². The van der Waals surface area contributed by atoms with Crippen molar-refractivity contribution in [2.45, 2.75) is 90.3 Å². The number of carbonyl (C=O) groups is 1. The molecule has 6 heteroatoms. The molecule has 0 heterocycles. The maximum absolute atomic E-state index is 11.6. The lowest BCUT2D eigenvalue weighted by Crippen LogP contribution is -2.49. The second-order valence-electron chi connectivity index (χ2n) is 8.92. The number of ether oxygens (including phenoxy) is 2. The van der Waals surface area contributed by atoms with Gasteiger partial charge in [0.25, 0.3) is 0 Å². The highest BCUT2D eigenvalue weighted by Gasteiger charge is 2.37. The van der Waals surface area contributed by atoms with Crippen LogP contribution in [0.2, 0.25) is 18.1 Å². The lowest BCUT2D eigenvalue weighted by atomic mass is 9.89. The Labute approximate surface area is 142 Å². The molecule has 0 aromatic heterocycles. The van der Waals surface area contributed by atoms with Crippen molar-refractivity contribution in [3.8, 4) is 0 Å². The predicted molar refractivity (Wildman–Crippen MR) is 95.3 cm³/mol. The molecule has 1 saturated carbocycles. The Hall–Kier alpha value is -0.593. The zero-order valence-electron chi connectivity index (χ0n) is 16.1. The average Bonchev–Trinajstić information content (AvgIpc) is 2.26. The van der Waals surface area contributed by atoms with Crippen LogP contribution in [0.4, 0.5) is 4.79 Å². The van der Waals surface area contributed by atoms with Gasteiger partial charge in [0.2, 0.25) is 0 Å². The van der Waals surface area contributed by atoms with E-state index in [1.54, 1.807) is 0 Å². The quantitative estimate of drug-likeness (QED) is 0.582. The largest absolute Gasteiger partial charge is 0.444 e. The highest BCUT2D eigenvalue weighted by molar-refractivity contribution is 6.74. The molecule has 0 saturated heterocycles. The Balaban J connectivity index is 2.12. The van der Waals surface area contributed by atoms with Crippen LogP contribution in [0.25, 0.3) is 0 Å². The van der Waals surface area contributed by atoms with Crippen LogP contribution in [-0.2, 0) is 13.9 Å². The summed E-state index contributed by atoms with van der Waals surface area (Å²) in [4.78, 5) is 11.6. The van der Waals surface area contributed by atoms with E-state index in [0.29, 0.717) is 13.2 Å². The van der Waals surface area contributed by atoms with Gasteiger partial charge in [-0.25, -0.2) is 4.79 Å². The zero-order chi connectivity index (χ0) is 17.9. The summed E-state index contributed by atoms with van der Waals surface area (Å²) in [5.74, 6) is 0. The molecule has 5 nitrogen and oxygen atoms in total. The lowest BCUT2D eigenvalue weighted by molar-refractivity contribution is -0.0306. The van der Waals surface area contributed by atoms with Crippen LogP contribution in [0, 0.1) is 0 Å². The monoisotopic (exact) mass is 345 g/mol. The first-order valence-corrected chi connectivity index (χ1v) is 11.5. The average molecular weight is 346 g/mol. The SMILES string of the molecule is CC(C)(C)OC(=O)NC1CC(OCCO[Si](C)(C)C(C)(C)C)C1. The molecule has 0 aliphatic heterocycles. The second kappa shape index (κ2) is 7.53. The van der Waals surface area contributed by atoms with Gasteiger partial charge < -0.3 is 19.2 Å². The van der Waals surface area contributed by atoms with Crippen molar-refractivity contribution in [1.82, 2.24) is 5.32 Å². The fraction of sp³-hybridized carbons (Fsp3) is 0.941. The van der Waals surface area contributed by atoms with Gasteiger partial charge in [-0.1, -0.05) is 20.8 Å². The van der Waals surface area contributed by atoms with E-state index in [0.717, 1.165) is 12.8 Å². The van der Waals surface area contributed by atoms with Crippen LogP contribution in [0.5, 0.6) is 0 Å². The summed E-state index contributed by atoms with van der Waals surface area (Å²) in [7, 11) is -1.68. The van der Waals surface area contributed by atoms with Gasteiger partial charge in [-0.3, -0.25) is 0 Å². The van der Waals surface area contributed by atoms with Gasteiger partial charge in [-0.05, 0) is 51.7 Å². The summed E-state index contributed by atoms with van der Waals surface area (Å²) in [6.07, 6.45) is 1.57. The maximum atomic E-state index is 11.6. The smallest absolute Gasteiger partial charge is 0.407 e. The predicted octanol–water partition coefficient (Wildman–Crippen LogP) is 4.08. The third-order valence-corrected chi connectivity index (χ3v) is 9.06. The minimum atomic E-state index is -1.68.